The quantitative estimate of drug-likeness (QED) is 0.0969. The maximum Gasteiger partial charge on any atom is 0.348 e. The normalized spacial score (nSPS) is 10.7. The highest BCUT2D eigenvalue weighted by Gasteiger charge is 2.01. The molecule has 0 aliphatic heterocycles. The molecule has 0 aromatic heterocycles. The van der Waals surface area contributed by atoms with E-state index in [4.69, 9.17) is 14.5 Å². The Morgan fingerprint density at radius 3 is 1.34 bits per heavy atom. The van der Waals surface area contributed by atoms with Crippen LogP contribution in [0.3, 0.4) is 0 Å². The van der Waals surface area contributed by atoms with Crippen molar-refractivity contribution in [2.24, 2.45) is 0 Å². The van der Waals surface area contributed by atoms with Crippen LogP contribution < -0.4 is 0 Å². The smallest absolute Gasteiger partial charge is 0.348 e. The number of unbranched alkanes of at least 4 members (excludes halogenated alkanes) is 15. The summed E-state index contributed by atoms with van der Waals surface area (Å²) in [6, 6.07) is 0. The van der Waals surface area contributed by atoms with E-state index in [1.807, 2.05) is 0 Å². The van der Waals surface area contributed by atoms with Crippen LogP contribution in [0.15, 0.2) is 25.1 Å². The fraction of sp³-hybridized carbons (Fsp3) is 0.783. The lowest BCUT2D eigenvalue weighted by molar-refractivity contribution is -0.137. The Morgan fingerprint density at radius 1 is 0.759 bits per heavy atom. The Hall–Kier alpha value is -0.900. The molecule has 0 aliphatic carbocycles. The molecule has 0 radical (unpaired) electrons. The van der Waals surface area contributed by atoms with E-state index in [-0.39, 0.29) is 5.97 Å². The van der Waals surface area contributed by atoms with E-state index in [1.54, 1.807) is 0 Å². The Balaban J connectivity index is 0. The third kappa shape index (κ3) is 32.0. The van der Waals surface area contributed by atoms with Crippen LogP contribution in [-0.2, 0) is 14.1 Å². The minimum absolute atomic E-state index is 0.300. The number of hydrogen-bond donors (Lipinski definition) is 2. The van der Waals surface area contributed by atoms with E-state index >= 15 is 0 Å². The zero-order chi connectivity index (χ0) is 22.2. The molecule has 0 heterocycles. The fourth-order valence-electron chi connectivity index (χ4n) is 2.88. The minimum Gasteiger partial charge on any atom is -0.463 e. The van der Waals surface area contributed by atoms with Crippen molar-refractivity contribution in [2.75, 3.05) is 6.61 Å². The molecule has 0 atom stereocenters. The lowest BCUT2D eigenvalue weighted by Gasteiger charge is -2.04. The highest BCUT2D eigenvalue weighted by Crippen LogP contribution is 2.34. The summed E-state index contributed by atoms with van der Waals surface area (Å²) < 4.78 is 14.5. The molecule has 0 bridgehead atoms. The summed E-state index contributed by atoms with van der Waals surface area (Å²) in [6.45, 7) is 9.07. The van der Waals surface area contributed by atoms with Crippen LogP contribution in [0.2, 0.25) is 0 Å². The zero-order valence-corrected chi connectivity index (χ0v) is 19.6. The molecule has 0 aliphatic rings. The second-order valence-electron chi connectivity index (χ2n) is 7.45. The first-order valence-corrected chi connectivity index (χ1v) is 13.0. The van der Waals surface area contributed by atoms with Gasteiger partial charge in [0, 0.05) is 11.9 Å². The van der Waals surface area contributed by atoms with Crippen molar-refractivity contribution >= 4 is 13.6 Å². The number of carbonyl (C=O) groups is 1. The van der Waals surface area contributed by atoms with E-state index in [9.17, 15) is 9.36 Å². The summed E-state index contributed by atoms with van der Waals surface area (Å²) in [7, 11) is -3.88. The molecule has 172 valence electrons. The molecule has 0 aromatic carbocycles. The third-order valence-corrected chi connectivity index (χ3v) is 5.12. The molecule has 0 spiro atoms. The Morgan fingerprint density at radius 2 is 1.07 bits per heavy atom. The molecule has 29 heavy (non-hydrogen) atoms. The van der Waals surface area contributed by atoms with Crippen molar-refractivity contribution in [3.05, 3.63) is 25.1 Å². The monoisotopic (exact) mass is 432 g/mol. The summed E-state index contributed by atoms with van der Waals surface area (Å²) in [5, 5.41) is 0. The van der Waals surface area contributed by atoms with Crippen LogP contribution >= 0.6 is 7.60 Å². The van der Waals surface area contributed by atoms with Gasteiger partial charge in [-0.3, -0.25) is 4.57 Å². The predicted octanol–water partition coefficient (Wildman–Crippen LogP) is 7.28. The van der Waals surface area contributed by atoms with E-state index in [0.29, 0.717) is 12.4 Å². The van der Waals surface area contributed by atoms with Gasteiger partial charge in [-0.05, 0) is 6.42 Å². The molecule has 0 unspecified atom stereocenters. The van der Waals surface area contributed by atoms with Crippen molar-refractivity contribution in [1.29, 1.82) is 0 Å². The van der Waals surface area contributed by atoms with Gasteiger partial charge in [-0.2, -0.15) is 0 Å². The molecule has 0 saturated heterocycles. The summed E-state index contributed by atoms with van der Waals surface area (Å²) >= 11 is 0. The van der Waals surface area contributed by atoms with Crippen molar-refractivity contribution in [3.8, 4) is 0 Å². The molecular weight excluding hydrogens is 387 g/mol. The average molecular weight is 433 g/mol. The first-order chi connectivity index (χ1) is 13.9. The first-order valence-electron chi connectivity index (χ1n) is 11.3. The topological polar surface area (TPSA) is 83.8 Å². The van der Waals surface area contributed by atoms with Crippen molar-refractivity contribution in [2.45, 2.75) is 110 Å². The number of esters is 1. The lowest BCUT2D eigenvalue weighted by Crippen LogP contribution is -2.01. The van der Waals surface area contributed by atoms with Gasteiger partial charge in [-0.1, -0.05) is 116 Å². The maximum absolute atomic E-state index is 10.8. The largest absolute Gasteiger partial charge is 0.463 e. The Kier molecular flexibility index (Phi) is 24.4. The SMILES string of the molecule is C=CC(=O)OCCCCCCCCCCCCCCCCCC.C=CP(=O)(O)O. The average Bonchev–Trinajstić information content (AvgIpc) is 2.70. The second kappa shape index (κ2) is 23.4. The molecule has 2 N–H and O–H groups in total. The maximum atomic E-state index is 10.8. The number of hydrogen-bond acceptors (Lipinski definition) is 3. The van der Waals surface area contributed by atoms with E-state index < -0.39 is 7.60 Å². The van der Waals surface area contributed by atoms with Gasteiger partial charge in [-0.25, -0.2) is 4.79 Å². The van der Waals surface area contributed by atoms with Gasteiger partial charge < -0.3 is 14.5 Å². The van der Waals surface area contributed by atoms with Crippen LogP contribution in [0.25, 0.3) is 0 Å². The van der Waals surface area contributed by atoms with Gasteiger partial charge >= 0.3 is 13.6 Å². The summed E-state index contributed by atoms with van der Waals surface area (Å²) in [6.07, 6.45) is 23.0. The first kappa shape index (κ1) is 30.3. The minimum atomic E-state index is -3.88. The Labute approximate surface area is 179 Å². The van der Waals surface area contributed by atoms with Crippen LogP contribution in [0, 0.1) is 0 Å². The van der Waals surface area contributed by atoms with Crippen molar-refractivity contribution in [1.82, 2.24) is 0 Å². The molecule has 0 fully saturated rings. The van der Waals surface area contributed by atoms with Gasteiger partial charge in [0.2, 0.25) is 0 Å². The second-order valence-corrected chi connectivity index (χ2v) is 8.99. The van der Waals surface area contributed by atoms with Gasteiger partial charge in [0.05, 0.1) is 6.61 Å². The van der Waals surface area contributed by atoms with Gasteiger partial charge in [-0.15, -0.1) is 0 Å². The standard InChI is InChI=1S/C21H40O2.C2H5O3P/c1-3-5-6-7-8-9-10-11-12-13-14-15-16-17-18-19-20-23-21(22)4-2;1-2-6(3,4)5/h4H,2-3,5-20H2,1H3;2H,1H2,(H2,3,4,5). The van der Waals surface area contributed by atoms with Crippen LogP contribution in [-0.4, -0.2) is 22.4 Å². The third-order valence-electron chi connectivity index (χ3n) is 4.65. The molecule has 0 aromatic rings. The summed E-state index contributed by atoms with van der Waals surface area (Å²) in [5.74, 6) is 0.304. The van der Waals surface area contributed by atoms with Crippen LogP contribution in [0.1, 0.15) is 110 Å². The molecule has 0 amide bonds. The van der Waals surface area contributed by atoms with Crippen molar-refractivity contribution in [3.63, 3.8) is 0 Å². The highest BCUT2D eigenvalue weighted by molar-refractivity contribution is 7.55. The zero-order valence-electron chi connectivity index (χ0n) is 18.7. The number of carbonyl (C=O) groups excluding carboxylic acids is 1. The van der Waals surface area contributed by atoms with Crippen molar-refractivity contribution < 1.29 is 23.9 Å². The van der Waals surface area contributed by atoms with Crippen LogP contribution in [0.5, 0.6) is 0 Å². The number of rotatable bonds is 19. The molecule has 6 heteroatoms. The lowest BCUT2D eigenvalue weighted by atomic mass is 10.0. The molecule has 5 nitrogen and oxygen atoms in total. The van der Waals surface area contributed by atoms with Crippen LogP contribution in [0.4, 0.5) is 0 Å². The molecular formula is C23H45O5P. The van der Waals surface area contributed by atoms with E-state index in [0.717, 1.165) is 6.42 Å². The number of ether oxygens (including phenoxy) is 1. The predicted molar refractivity (Wildman–Crippen MR) is 123 cm³/mol. The highest BCUT2D eigenvalue weighted by atomic mass is 31.2. The van der Waals surface area contributed by atoms with E-state index in [2.05, 4.69) is 20.1 Å². The fourth-order valence-corrected chi connectivity index (χ4v) is 2.88. The van der Waals surface area contributed by atoms with Gasteiger partial charge in [0.25, 0.3) is 0 Å². The molecule has 0 rings (SSSR count). The van der Waals surface area contributed by atoms with Gasteiger partial charge in [0.15, 0.2) is 0 Å². The summed E-state index contributed by atoms with van der Waals surface area (Å²) in [5.41, 5.74) is 0. The summed E-state index contributed by atoms with van der Waals surface area (Å²) in [4.78, 5) is 26.5. The van der Waals surface area contributed by atoms with E-state index in [1.165, 1.54) is 102 Å². The van der Waals surface area contributed by atoms with Gasteiger partial charge in [0.1, 0.15) is 0 Å². The Bertz CT molecular complexity index is 431. The molecule has 0 saturated carbocycles.